The number of ether oxygens (including phenoxy) is 1. The number of morpholine rings is 1. The highest BCUT2D eigenvalue weighted by molar-refractivity contribution is 7.89. The van der Waals surface area contributed by atoms with Crippen LogP contribution < -0.4 is 10.6 Å². The molecule has 1 aliphatic rings. The monoisotopic (exact) mass is 453 g/mol. The average Bonchev–Trinajstić information content (AvgIpc) is 3.25. The van der Waals surface area contributed by atoms with Gasteiger partial charge in [-0.05, 0) is 24.1 Å². The van der Waals surface area contributed by atoms with Crippen LogP contribution in [0, 0.1) is 5.92 Å². The van der Waals surface area contributed by atoms with Crippen LogP contribution >= 0.6 is 11.3 Å². The van der Waals surface area contributed by atoms with E-state index in [-0.39, 0.29) is 29.5 Å². The van der Waals surface area contributed by atoms with E-state index in [0.717, 1.165) is 0 Å². The van der Waals surface area contributed by atoms with E-state index in [1.165, 1.54) is 45.4 Å². The molecule has 1 aromatic carbocycles. The molecule has 2 heterocycles. The zero-order chi connectivity index (χ0) is 21.7. The smallest absolute Gasteiger partial charge is 0.251 e. The average molecular weight is 454 g/mol. The molecule has 1 aromatic heterocycles. The van der Waals surface area contributed by atoms with Crippen LogP contribution in [-0.2, 0) is 19.6 Å². The third kappa shape index (κ3) is 5.19. The quantitative estimate of drug-likeness (QED) is 0.638. The van der Waals surface area contributed by atoms with E-state index in [4.69, 9.17) is 4.74 Å². The largest absolute Gasteiger partial charge is 0.379 e. The van der Waals surface area contributed by atoms with Crippen molar-refractivity contribution < 1.29 is 22.7 Å². The predicted molar refractivity (Wildman–Crippen MR) is 111 cm³/mol. The summed E-state index contributed by atoms with van der Waals surface area (Å²) in [5.74, 6) is -1.17. The maximum atomic E-state index is 12.8. The van der Waals surface area contributed by atoms with E-state index in [9.17, 15) is 18.0 Å². The van der Waals surface area contributed by atoms with Gasteiger partial charge in [-0.15, -0.1) is 10.2 Å². The van der Waals surface area contributed by atoms with Gasteiger partial charge < -0.3 is 10.1 Å². The van der Waals surface area contributed by atoms with Crippen molar-refractivity contribution in [1.29, 1.82) is 0 Å². The Labute approximate surface area is 178 Å². The summed E-state index contributed by atoms with van der Waals surface area (Å²) in [6, 6.07) is 4.95. The number of aromatic nitrogens is 2. The van der Waals surface area contributed by atoms with Crippen molar-refractivity contribution in [2.24, 2.45) is 5.92 Å². The van der Waals surface area contributed by atoms with E-state index < -0.39 is 27.9 Å². The fourth-order valence-corrected chi connectivity index (χ4v) is 4.81. The van der Waals surface area contributed by atoms with Gasteiger partial charge in [-0.25, -0.2) is 8.42 Å². The molecule has 0 saturated carbocycles. The first-order chi connectivity index (χ1) is 14.3. The van der Waals surface area contributed by atoms with Gasteiger partial charge in [0.1, 0.15) is 11.6 Å². The van der Waals surface area contributed by atoms with Gasteiger partial charge in [0.15, 0.2) is 0 Å². The Kier molecular flexibility index (Phi) is 7.13. The maximum Gasteiger partial charge on any atom is 0.251 e. The van der Waals surface area contributed by atoms with Gasteiger partial charge >= 0.3 is 0 Å². The topological polar surface area (TPSA) is 131 Å². The number of anilines is 1. The molecule has 1 saturated heterocycles. The molecule has 0 aliphatic carbocycles. The molecule has 1 atom stereocenters. The van der Waals surface area contributed by atoms with Crippen LogP contribution in [0.2, 0.25) is 0 Å². The number of nitrogens with zero attached hydrogens (tertiary/aromatic N) is 3. The van der Waals surface area contributed by atoms with Gasteiger partial charge in [-0.3, -0.25) is 14.9 Å². The Bertz CT molecular complexity index is 988. The van der Waals surface area contributed by atoms with Gasteiger partial charge in [-0.1, -0.05) is 31.3 Å². The third-order valence-electron chi connectivity index (χ3n) is 4.53. The molecule has 1 unspecified atom stereocenters. The van der Waals surface area contributed by atoms with E-state index in [0.29, 0.717) is 18.3 Å². The van der Waals surface area contributed by atoms with Crippen molar-refractivity contribution in [3.05, 3.63) is 35.3 Å². The van der Waals surface area contributed by atoms with Crippen molar-refractivity contribution >= 4 is 38.3 Å². The van der Waals surface area contributed by atoms with Gasteiger partial charge in [0.05, 0.1) is 18.1 Å². The second kappa shape index (κ2) is 9.60. The third-order valence-corrected chi connectivity index (χ3v) is 7.03. The van der Waals surface area contributed by atoms with Gasteiger partial charge in [0.25, 0.3) is 5.91 Å². The molecule has 2 amide bonds. The van der Waals surface area contributed by atoms with Crippen molar-refractivity contribution in [3.63, 3.8) is 0 Å². The summed E-state index contributed by atoms with van der Waals surface area (Å²) in [7, 11) is -3.73. The fraction of sp³-hybridized carbons (Fsp3) is 0.444. The van der Waals surface area contributed by atoms with Crippen LogP contribution in [0.1, 0.15) is 24.2 Å². The first-order valence-corrected chi connectivity index (χ1v) is 11.7. The second-order valence-corrected chi connectivity index (χ2v) is 9.74. The first-order valence-electron chi connectivity index (χ1n) is 9.35. The summed E-state index contributed by atoms with van der Waals surface area (Å²) in [6.07, 6.45) is 0. The number of nitrogens with one attached hydrogen (secondary N) is 2. The highest BCUT2D eigenvalue weighted by atomic mass is 32.2. The highest BCUT2D eigenvalue weighted by Crippen LogP contribution is 2.19. The number of sulfonamides is 1. The van der Waals surface area contributed by atoms with E-state index in [1.54, 1.807) is 13.8 Å². The van der Waals surface area contributed by atoms with Crippen molar-refractivity contribution in [2.75, 3.05) is 31.6 Å². The summed E-state index contributed by atoms with van der Waals surface area (Å²) < 4.78 is 32.2. The number of carbonyl (C=O) groups excluding carboxylic acids is 2. The number of hydrogen-bond acceptors (Lipinski definition) is 8. The Morgan fingerprint density at radius 3 is 2.60 bits per heavy atom. The van der Waals surface area contributed by atoms with E-state index in [2.05, 4.69) is 20.8 Å². The van der Waals surface area contributed by atoms with Crippen LogP contribution in [0.25, 0.3) is 0 Å². The minimum absolute atomic E-state index is 0.0245. The number of rotatable bonds is 7. The Hall–Kier alpha value is -2.41. The summed E-state index contributed by atoms with van der Waals surface area (Å²) in [6.45, 7) is 4.78. The van der Waals surface area contributed by atoms with Crippen LogP contribution in [0.4, 0.5) is 5.13 Å². The van der Waals surface area contributed by atoms with Crippen molar-refractivity contribution in [3.8, 4) is 0 Å². The summed E-state index contributed by atoms with van der Waals surface area (Å²) >= 11 is 1.17. The zero-order valence-corrected chi connectivity index (χ0v) is 18.2. The summed E-state index contributed by atoms with van der Waals surface area (Å²) in [5.41, 5.74) is 1.64. The van der Waals surface area contributed by atoms with Gasteiger partial charge in [0.2, 0.25) is 21.1 Å². The lowest BCUT2D eigenvalue weighted by atomic mass is 10.0. The van der Waals surface area contributed by atoms with Crippen LogP contribution in [0.3, 0.4) is 0 Å². The Morgan fingerprint density at radius 2 is 1.97 bits per heavy atom. The van der Waals surface area contributed by atoms with Gasteiger partial charge in [0, 0.05) is 18.7 Å². The molecule has 0 bridgehead atoms. The van der Waals surface area contributed by atoms with Gasteiger partial charge in [-0.2, -0.15) is 4.31 Å². The van der Waals surface area contributed by atoms with Crippen LogP contribution in [-0.4, -0.2) is 67.1 Å². The standard InChI is InChI=1S/C18H23N5O5S2/c1-12(2)15(17(25)21-18-22-19-11-29-18)20-16(24)13-4-3-5-14(10-13)30(26,27)23-6-8-28-9-7-23/h3-5,10-12,15H,6-9H2,1-2H3,(H,20,24)(H,21,22,25). The molecule has 1 aliphatic heterocycles. The lowest BCUT2D eigenvalue weighted by molar-refractivity contribution is -0.118. The first kappa shape index (κ1) is 22.3. The lowest BCUT2D eigenvalue weighted by Crippen LogP contribution is -2.47. The van der Waals surface area contributed by atoms with E-state index in [1.807, 2.05) is 0 Å². The normalized spacial score (nSPS) is 16.2. The van der Waals surface area contributed by atoms with E-state index >= 15 is 0 Å². The number of benzene rings is 1. The number of hydrogen-bond donors (Lipinski definition) is 2. The molecule has 0 radical (unpaired) electrons. The molecule has 0 spiro atoms. The fourth-order valence-electron chi connectivity index (χ4n) is 2.90. The Morgan fingerprint density at radius 1 is 1.23 bits per heavy atom. The molecule has 2 N–H and O–H groups in total. The molecule has 2 aromatic rings. The second-order valence-electron chi connectivity index (χ2n) is 6.97. The number of carbonyl (C=O) groups is 2. The maximum absolute atomic E-state index is 12.8. The minimum atomic E-state index is -3.73. The molecule has 30 heavy (non-hydrogen) atoms. The molecular formula is C18H23N5O5S2. The zero-order valence-electron chi connectivity index (χ0n) is 16.6. The number of amides is 2. The van der Waals surface area contributed by atoms with Crippen molar-refractivity contribution in [2.45, 2.75) is 24.8 Å². The molecule has 3 rings (SSSR count). The molecule has 10 nitrogen and oxygen atoms in total. The molecule has 162 valence electrons. The van der Waals surface area contributed by atoms with Crippen LogP contribution in [0.5, 0.6) is 0 Å². The Balaban J connectivity index is 1.75. The van der Waals surface area contributed by atoms with Crippen LogP contribution in [0.15, 0.2) is 34.7 Å². The highest BCUT2D eigenvalue weighted by Gasteiger charge is 2.28. The lowest BCUT2D eigenvalue weighted by Gasteiger charge is -2.26. The SMILES string of the molecule is CC(C)C(NC(=O)c1cccc(S(=O)(=O)N2CCOCC2)c1)C(=O)Nc1nncs1. The summed E-state index contributed by atoms with van der Waals surface area (Å²) in [4.78, 5) is 25.4. The molecule has 12 heteroatoms. The van der Waals surface area contributed by atoms with Crippen molar-refractivity contribution in [1.82, 2.24) is 19.8 Å². The molecular weight excluding hydrogens is 430 g/mol. The predicted octanol–water partition coefficient (Wildman–Crippen LogP) is 0.952. The molecule has 1 fully saturated rings. The summed E-state index contributed by atoms with van der Waals surface area (Å²) in [5, 5.41) is 13.0. The minimum Gasteiger partial charge on any atom is -0.379 e.